The smallest absolute Gasteiger partial charge is 0.234 e. The zero-order valence-electron chi connectivity index (χ0n) is 18.8. The van der Waals surface area contributed by atoms with Crippen molar-refractivity contribution in [2.75, 3.05) is 25.3 Å². The van der Waals surface area contributed by atoms with Crippen LogP contribution in [0.3, 0.4) is 0 Å². The minimum Gasteiger partial charge on any atom is -0.497 e. The Morgan fingerprint density at radius 1 is 1.03 bits per heavy atom. The second kappa shape index (κ2) is 11.4. The second-order valence-electron chi connectivity index (χ2n) is 6.82. The van der Waals surface area contributed by atoms with Gasteiger partial charge in [-0.1, -0.05) is 30.8 Å². The fraction of sp³-hybridized carbons (Fsp3) is 0.348. The molecular formula is C23H28N4O4S. The fourth-order valence-corrected chi connectivity index (χ4v) is 3.93. The van der Waals surface area contributed by atoms with Gasteiger partial charge in [-0.05, 0) is 37.1 Å². The van der Waals surface area contributed by atoms with E-state index in [9.17, 15) is 4.79 Å². The molecule has 0 fully saturated rings. The second-order valence-corrected chi connectivity index (χ2v) is 7.77. The van der Waals surface area contributed by atoms with Gasteiger partial charge in [0.05, 0.1) is 20.0 Å². The SMILES string of the molecule is CCc1ccc(OC)cc1NC(=O)CSc1nnc(COc2cccc(OC)c2)n1CC. The standard InChI is InChI=1S/C23H28N4O4S/c1-5-16-10-11-18(30-4)13-20(16)24-22(28)15-32-23-26-25-21(27(23)6-2)14-31-19-9-7-8-17(12-19)29-3/h7-13H,5-6,14-15H2,1-4H3,(H,24,28). The maximum absolute atomic E-state index is 12.6. The van der Waals surface area contributed by atoms with Crippen molar-refractivity contribution >= 4 is 23.4 Å². The van der Waals surface area contributed by atoms with Crippen LogP contribution in [-0.4, -0.2) is 40.6 Å². The average Bonchev–Trinajstić information content (AvgIpc) is 3.23. The first-order valence-corrected chi connectivity index (χ1v) is 11.3. The average molecular weight is 457 g/mol. The Kier molecular flexibility index (Phi) is 8.38. The summed E-state index contributed by atoms with van der Waals surface area (Å²) in [5, 5.41) is 12.1. The number of anilines is 1. The minimum atomic E-state index is -0.113. The van der Waals surface area contributed by atoms with Crippen molar-refractivity contribution in [3.05, 3.63) is 53.9 Å². The molecular weight excluding hydrogens is 428 g/mol. The monoisotopic (exact) mass is 456 g/mol. The first-order chi connectivity index (χ1) is 15.6. The number of carbonyl (C=O) groups excluding carboxylic acids is 1. The largest absolute Gasteiger partial charge is 0.497 e. The molecule has 9 heteroatoms. The van der Waals surface area contributed by atoms with E-state index in [2.05, 4.69) is 15.5 Å². The Morgan fingerprint density at radius 3 is 2.50 bits per heavy atom. The summed E-state index contributed by atoms with van der Waals surface area (Å²) in [6.45, 7) is 4.99. The number of methoxy groups -OCH3 is 2. The lowest BCUT2D eigenvalue weighted by molar-refractivity contribution is -0.113. The highest BCUT2D eigenvalue weighted by molar-refractivity contribution is 7.99. The molecule has 2 aromatic carbocycles. The Balaban J connectivity index is 1.61. The summed E-state index contributed by atoms with van der Waals surface area (Å²) in [6, 6.07) is 13.1. The lowest BCUT2D eigenvalue weighted by atomic mass is 10.1. The van der Waals surface area contributed by atoms with Crippen LogP contribution in [0.4, 0.5) is 5.69 Å². The number of hydrogen-bond donors (Lipinski definition) is 1. The highest BCUT2D eigenvalue weighted by atomic mass is 32.2. The summed E-state index contributed by atoms with van der Waals surface area (Å²) in [5.74, 6) is 2.92. The van der Waals surface area contributed by atoms with Crippen LogP contribution in [0.5, 0.6) is 17.2 Å². The number of ether oxygens (including phenoxy) is 3. The van der Waals surface area contributed by atoms with Gasteiger partial charge in [0.15, 0.2) is 11.0 Å². The number of rotatable bonds is 11. The summed E-state index contributed by atoms with van der Waals surface area (Å²) < 4.78 is 18.3. The Labute approximate surface area is 192 Å². The molecule has 0 atom stereocenters. The lowest BCUT2D eigenvalue weighted by Crippen LogP contribution is -2.16. The molecule has 3 rings (SSSR count). The Hall–Kier alpha value is -3.20. The van der Waals surface area contributed by atoms with Crippen LogP contribution in [0.15, 0.2) is 47.6 Å². The zero-order chi connectivity index (χ0) is 22.9. The number of hydrogen-bond acceptors (Lipinski definition) is 7. The van der Waals surface area contributed by atoms with Gasteiger partial charge >= 0.3 is 0 Å². The highest BCUT2D eigenvalue weighted by Gasteiger charge is 2.15. The number of thioether (sulfide) groups is 1. The molecule has 1 N–H and O–H groups in total. The van der Waals surface area contributed by atoms with E-state index in [1.54, 1.807) is 14.2 Å². The normalized spacial score (nSPS) is 10.6. The van der Waals surface area contributed by atoms with Gasteiger partial charge in [0.25, 0.3) is 0 Å². The van der Waals surface area contributed by atoms with E-state index in [4.69, 9.17) is 14.2 Å². The van der Waals surface area contributed by atoms with Crippen molar-refractivity contribution in [3.63, 3.8) is 0 Å². The van der Waals surface area contributed by atoms with E-state index < -0.39 is 0 Å². The third-order valence-corrected chi connectivity index (χ3v) is 5.79. The first kappa shape index (κ1) is 23.5. The van der Waals surface area contributed by atoms with Crippen molar-refractivity contribution in [3.8, 4) is 17.2 Å². The topological polar surface area (TPSA) is 87.5 Å². The summed E-state index contributed by atoms with van der Waals surface area (Å²) >= 11 is 1.34. The summed E-state index contributed by atoms with van der Waals surface area (Å²) in [4.78, 5) is 12.6. The van der Waals surface area contributed by atoms with Crippen molar-refractivity contribution in [1.29, 1.82) is 0 Å². The van der Waals surface area contributed by atoms with E-state index in [0.717, 1.165) is 23.4 Å². The lowest BCUT2D eigenvalue weighted by Gasteiger charge is -2.12. The summed E-state index contributed by atoms with van der Waals surface area (Å²) in [7, 11) is 3.22. The van der Waals surface area contributed by atoms with Crippen LogP contribution in [0, 0.1) is 0 Å². The van der Waals surface area contributed by atoms with Gasteiger partial charge in [-0.25, -0.2) is 0 Å². The summed E-state index contributed by atoms with van der Waals surface area (Å²) in [6.07, 6.45) is 0.813. The predicted molar refractivity (Wildman–Crippen MR) is 125 cm³/mol. The van der Waals surface area contributed by atoms with E-state index in [-0.39, 0.29) is 18.3 Å². The van der Waals surface area contributed by atoms with E-state index >= 15 is 0 Å². The van der Waals surface area contributed by atoms with Gasteiger partial charge in [-0.3, -0.25) is 4.79 Å². The van der Waals surface area contributed by atoms with Gasteiger partial charge in [0.2, 0.25) is 5.91 Å². The molecule has 0 spiro atoms. The van der Waals surface area contributed by atoms with Crippen LogP contribution in [0.1, 0.15) is 25.2 Å². The van der Waals surface area contributed by atoms with Gasteiger partial charge < -0.3 is 24.1 Å². The van der Waals surface area contributed by atoms with Gasteiger partial charge in [0, 0.05) is 24.4 Å². The molecule has 0 aliphatic carbocycles. The van der Waals surface area contributed by atoms with Crippen molar-refractivity contribution in [2.45, 2.75) is 38.6 Å². The summed E-state index contributed by atoms with van der Waals surface area (Å²) in [5.41, 5.74) is 1.82. The van der Waals surface area contributed by atoms with Crippen LogP contribution >= 0.6 is 11.8 Å². The molecule has 32 heavy (non-hydrogen) atoms. The maximum atomic E-state index is 12.6. The molecule has 170 valence electrons. The van der Waals surface area contributed by atoms with Crippen molar-refractivity contribution < 1.29 is 19.0 Å². The molecule has 0 radical (unpaired) electrons. The number of aromatic nitrogens is 3. The van der Waals surface area contributed by atoms with Crippen LogP contribution < -0.4 is 19.5 Å². The highest BCUT2D eigenvalue weighted by Crippen LogP contribution is 2.25. The molecule has 0 unspecified atom stereocenters. The molecule has 3 aromatic rings. The minimum absolute atomic E-state index is 0.113. The number of benzene rings is 2. The molecule has 1 heterocycles. The molecule has 0 saturated heterocycles. The molecule has 8 nitrogen and oxygen atoms in total. The number of nitrogens with zero attached hydrogens (tertiary/aromatic N) is 3. The molecule has 0 bridgehead atoms. The number of aryl methyl sites for hydroxylation is 1. The van der Waals surface area contributed by atoms with Gasteiger partial charge in [-0.2, -0.15) is 0 Å². The number of nitrogens with one attached hydrogen (secondary N) is 1. The number of carbonyl (C=O) groups is 1. The first-order valence-electron chi connectivity index (χ1n) is 10.4. The van der Waals surface area contributed by atoms with E-state index in [1.807, 2.05) is 60.9 Å². The zero-order valence-corrected chi connectivity index (χ0v) is 19.6. The molecule has 0 aliphatic rings. The number of amides is 1. The molecule has 1 aromatic heterocycles. The van der Waals surface area contributed by atoms with Crippen LogP contribution in [0.2, 0.25) is 0 Å². The van der Waals surface area contributed by atoms with E-state index in [0.29, 0.717) is 29.0 Å². The van der Waals surface area contributed by atoms with E-state index in [1.165, 1.54) is 11.8 Å². The fourth-order valence-electron chi connectivity index (χ4n) is 3.11. The van der Waals surface area contributed by atoms with Gasteiger partial charge in [-0.15, -0.1) is 10.2 Å². The van der Waals surface area contributed by atoms with Crippen molar-refractivity contribution in [1.82, 2.24) is 14.8 Å². The maximum Gasteiger partial charge on any atom is 0.234 e. The third-order valence-electron chi connectivity index (χ3n) is 4.82. The quantitative estimate of drug-likeness (QED) is 0.433. The van der Waals surface area contributed by atoms with Gasteiger partial charge in [0.1, 0.15) is 23.9 Å². The molecule has 0 saturated carbocycles. The van der Waals surface area contributed by atoms with Crippen molar-refractivity contribution in [2.24, 2.45) is 0 Å². The Bertz CT molecular complexity index is 1050. The third kappa shape index (κ3) is 5.94. The van der Waals surface area contributed by atoms with Crippen LogP contribution in [0.25, 0.3) is 0 Å². The van der Waals surface area contributed by atoms with Crippen LogP contribution in [-0.2, 0) is 24.4 Å². The molecule has 0 aliphatic heterocycles. The Morgan fingerprint density at radius 2 is 1.78 bits per heavy atom. The predicted octanol–water partition coefficient (Wildman–Crippen LogP) is 4.19. The molecule has 1 amide bonds.